The van der Waals surface area contributed by atoms with Crippen LogP contribution in [-0.4, -0.2) is 24.1 Å². The Morgan fingerprint density at radius 2 is 0.980 bits per heavy atom. The van der Waals surface area contributed by atoms with Gasteiger partial charge in [-0.05, 0) is 54.6 Å². The average Bonchev–Trinajstić information content (AvgIpc) is 3.83. The Bertz CT molecular complexity index is 3020. The summed E-state index contributed by atoms with van der Waals surface area (Å²) in [6, 6.07) is 48.9. The van der Waals surface area contributed by atoms with E-state index in [1.807, 2.05) is 12.1 Å². The van der Waals surface area contributed by atoms with Crippen LogP contribution in [-0.2, 0) is 0 Å². The first kappa shape index (κ1) is 26.3. The Morgan fingerprint density at radius 3 is 1.59 bits per heavy atom. The maximum atomic E-state index is 7.20. The summed E-state index contributed by atoms with van der Waals surface area (Å²) in [6.07, 6.45) is 3.57. The minimum absolute atomic E-state index is 0.629. The van der Waals surface area contributed by atoms with E-state index in [2.05, 4.69) is 142 Å². The highest BCUT2D eigenvalue weighted by Gasteiger charge is 2.24. The first-order chi connectivity index (χ1) is 24.3. The number of hydrogen-bond donors (Lipinski definition) is 0. The Hall–Kier alpha value is -6.79. The second-order valence-electron chi connectivity index (χ2n) is 12.4. The van der Waals surface area contributed by atoms with E-state index >= 15 is 0 Å². The second-order valence-corrected chi connectivity index (χ2v) is 12.4. The number of furan rings is 1. The molecule has 0 aliphatic rings. The third-order valence-corrected chi connectivity index (χ3v) is 9.84. The fourth-order valence-corrected chi connectivity index (χ4v) is 7.77. The Morgan fingerprint density at radius 1 is 0.429 bits per heavy atom. The maximum Gasteiger partial charge on any atom is 0.160 e. The molecule has 0 fully saturated rings. The van der Waals surface area contributed by atoms with Crippen molar-refractivity contribution < 1.29 is 4.42 Å². The van der Waals surface area contributed by atoms with Crippen LogP contribution in [0.15, 0.2) is 156 Å². The number of hydrogen-bond acceptors (Lipinski definition) is 4. The largest absolute Gasteiger partial charge is 0.452 e. The van der Waals surface area contributed by atoms with Crippen LogP contribution in [0.1, 0.15) is 0 Å². The number of para-hydroxylation sites is 5. The summed E-state index contributed by atoms with van der Waals surface area (Å²) in [5.74, 6) is 0.629. The van der Waals surface area contributed by atoms with Crippen molar-refractivity contribution in [3.05, 3.63) is 152 Å². The summed E-state index contributed by atoms with van der Waals surface area (Å²) in [5.41, 5.74) is 10.5. The Kier molecular flexibility index (Phi) is 5.29. The van der Waals surface area contributed by atoms with Crippen LogP contribution >= 0.6 is 0 Å². The van der Waals surface area contributed by atoms with E-state index in [9.17, 15) is 0 Å². The topological polar surface area (TPSA) is 61.7 Å². The van der Waals surface area contributed by atoms with E-state index in [4.69, 9.17) is 14.4 Å². The van der Waals surface area contributed by atoms with Gasteiger partial charge in [0.05, 0.1) is 45.2 Å². The standard InChI is InChI=1S/C43H25N5O/c1-5-17-34-26(11-1)27-12-2-6-18-35(27)47(34)38-21-9-15-30-40-31(43-45-25-33-32(46-43)16-10-24-44-33)22-23-39(42(40)49-41(30)38)48-36-19-7-3-13-28(36)29-14-4-8-20-37(29)48/h1-25H. The molecule has 0 saturated carbocycles. The molecule has 5 aromatic heterocycles. The Labute approximate surface area is 279 Å². The highest BCUT2D eigenvalue weighted by molar-refractivity contribution is 6.18. The number of pyridine rings is 1. The van der Waals surface area contributed by atoms with Gasteiger partial charge < -0.3 is 13.6 Å². The number of fused-ring (bicyclic) bond motifs is 10. The highest BCUT2D eigenvalue weighted by atomic mass is 16.3. The zero-order valence-electron chi connectivity index (χ0n) is 26.1. The van der Waals surface area contributed by atoms with Gasteiger partial charge in [-0.2, -0.15) is 0 Å². The maximum absolute atomic E-state index is 7.20. The quantitative estimate of drug-likeness (QED) is 0.196. The van der Waals surface area contributed by atoms with Gasteiger partial charge in [0.1, 0.15) is 5.52 Å². The predicted octanol–water partition coefficient (Wildman–Crippen LogP) is 10.8. The van der Waals surface area contributed by atoms with Crippen LogP contribution in [0.25, 0.3) is 99.3 Å². The van der Waals surface area contributed by atoms with E-state index in [-0.39, 0.29) is 0 Å². The molecule has 0 spiro atoms. The summed E-state index contributed by atoms with van der Waals surface area (Å²) >= 11 is 0. The summed E-state index contributed by atoms with van der Waals surface area (Å²) < 4.78 is 11.8. The summed E-state index contributed by atoms with van der Waals surface area (Å²) in [6.45, 7) is 0. The minimum Gasteiger partial charge on any atom is -0.452 e. The molecular formula is C43H25N5O. The van der Waals surface area contributed by atoms with Gasteiger partial charge in [-0.25, -0.2) is 9.97 Å². The number of benzene rings is 6. The van der Waals surface area contributed by atoms with Crippen molar-refractivity contribution in [2.75, 3.05) is 0 Å². The molecule has 0 unspecified atom stereocenters. The normalized spacial score (nSPS) is 12.1. The SMILES string of the molecule is c1cnc2cnc(-c3ccc(-n4c5ccccc5c5ccccc54)c4oc5c(-n6c7ccccc7c7ccccc76)cccc5c34)nc2c1. The van der Waals surface area contributed by atoms with Crippen LogP contribution in [0, 0.1) is 0 Å². The van der Waals surface area contributed by atoms with Crippen molar-refractivity contribution in [1.29, 1.82) is 0 Å². The third kappa shape index (κ3) is 3.62. The fourth-order valence-electron chi connectivity index (χ4n) is 7.77. The third-order valence-electron chi connectivity index (χ3n) is 9.84. The van der Waals surface area contributed by atoms with Crippen molar-refractivity contribution in [3.8, 4) is 22.8 Å². The molecule has 49 heavy (non-hydrogen) atoms. The average molecular weight is 628 g/mol. The summed E-state index contributed by atoms with van der Waals surface area (Å²) in [5, 5.41) is 6.78. The monoisotopic (exact) mass is 627 g/mol. The van der Waals surface area contributed by atoms with E-state index in [0.717, 1.165) is 72.0 Å². The molecule has 0 radical (unpaired) electrons. The molecule has 6 nitrogen and oxygen atoms in total. The van der Waals surface area contributed by atoms with Gasteiger partial charge in [-0.1, -0.05) is 84.9 Å². The lowest BCUT2D eigenvalue weighted by atomic mass is 10.0. The lowest BCUT2D eigenvalue weighted by Gasteiger charge is -2.11. The van der Waals surface area contributed by atoms with Gasteiger partial charge in [-0.15, -0.1) is 0 Å². The number of aromatic nitrogens is 5. The van der Waals surface area contributed by atoms with Gasteiger partial charge in [-0.3, -0.25) is 4.98 Å². The molecule has 0 N–H and O–H groups in total. The molecular weight excluding hydrogens is 603 g/mol. The molecule has 0 saturated heterocycles. The van der Waals surface area contributed by atoms with Crippen LogP contribution in [0.2, 0.25) is 0 Å². The first-order valence-corrected chi connectivity index (χ1v) is 16.4. The first-order valence-electron chi connectivity index (χ1n) is 16.4. The van der Waals surface area contributed by atoms with Crippen molar-refractivity contribution in [3.63, 3.8) is 0 Å². The van der Waals surface area contributed by atoms with Crippen LogP contribution in [0.4, 0.5) is 0 Å². The molecule has 6 aromatic carbocycles. The molecule has 11 aromatic rings. The fraction of sp³-hybridized carbons (Fsp3) is 0. The second kappa shape index (κ2) is 9.86. The molecule has 0 atom stereocenters. The lowest BCUT2D eigenvalue weighted by Crippen LogP contribution is -1.97. The van der Waals surface area contributed by atoms with Crippen LogP contribution in [0.5, 0.6) is 0 Å². The minimum atomic E-state index is 0.629. The number of rotatable bonds is 3. The molecule has 11 rings (SSSR count). The number of nitrogens with zero attached hydrogens (tertiary/aromatic N) is 5. The van der Waals surface area contributed by atoms with Crippen molar-refractivity contribution in [1.82, 2.24) is 24.1 Å². The molecule has 6 heteroatoms. The molecule has 0 aliphatic carbocycles. The predicted molar refractivity (Wildman–Crippen MR) is 199 cm³/mol. The van der Waals surface area contributed by atoms with Crippen molar-refractivity contribution in [2.24, 2.45) is 0 Å². The molecule has 0 bridgehead atoms. The Balaban J connectivity index is 1.30. The van der Waals surface area contributed by atoms with E-state index in [0.29, 0.717) is 5.82 Å². The molecule has 0 aliphatic heterocycles. The summed E-state index contributed by atoms with van der Waals surface area (Å²) in [7, 11) is 0. The van der Waals surface area contributed by atoms with E-state index in [1.165, 1.54) is 21.5 Å². The lowest BCUT2D eigenvalue weighted by molar-refractivity contribution is 0.664. The van der Waals surface area contributed by atoms with Crippen molar-refractivity contribution in [2.45, 2.75) is 0 Å². The van der Waals surface area contributed by atoms with Crippen LogP contribution < -0.4 is 0 Å². The van der Waals surface area contributed by atoms with E-state index in [1.54, 1.807) is 12.4 Å². The summed E-state index contributed by atoms with van der Waals surface area (Å²) in [4.78, 5) is 14.3. The van der Waals surface area contributed by atoms with Gasteiger partial charge in [0, 0.05) is 44.1 Å². The highest BCUT2D eigenvalue weighted by Crippen LogP contribution is 2.44. The van der Waals surface area contributed by atoms with Gasteiger partial charge >= 0.3 is 0 Å². The van der Waals surface area contributed by atoms with E-state index < -0.39 is 0 Å². The zero-order chi connectivity index (χ0) is 32.1. The van der Waals surface area contributed by atoms with Gasteiger partial charge in [0.15, 0.2) is 17.0 Å². The van der Waals surface area contributed by atoms with Gasteiger partial charge in [0.25, 0.3) is 0 Å². The molecule has 0 amide bonds. The van der Waals surface area contributed by atoms with Crippen LogP contribution in [0.3, 0.4) is 0 Å². The van der Waals surface area contributed by atoms with Gasteiger partial charge in [0.2, 0.25) is 0 Å². The zero-order valence-corrected chi connectivity index (χ0v) is 26.1. The van der Waals surface area contributed by atoms with Crippen molar-refractivity contribution >= 4 is 76.6 Å². The molecule has 228 valence electrons. The molecule has 5 heterocycles. The smallest absolute Gasteiger partial charge is 0.160 e.